The smallest absolute Gasteiger partial charge is 0.0825 e. The van der Waals surface area contributed by atoms with Crippen LogP contribution in [0.1, 0.15) is 17.5 Å². The minimum atomic E-state index is 0.657. The summed E-state index contributed by atoms with van der Waals surface area (Å²) in [7, 11) is 1.53. The second kappa shape index (κ2) is 5.73. The van der Waals surface area contributed by atoms with Crippen LogP contribution in [-0.2, 0) is 16.2 Å². The second-order valence-electron chi connectivity index (χ2n) is 3.08. The van der Waals surface area contributed by atoms with Crippen molar-refractivity contribution in [1.29, 1.82) is 0 Å². The molecule has 1 aromatic carbocycles. The highest BCUT2D eigenvalue weighted by atomic mass is 17.2. The Balaban J connectivity index is 2.25. The summed E-state index contributed by atoms with van der Waals surface area (Å²) in [6, 6.07) is 8.57. The van der Waals surface area contributed by atoms with Crippen molar-refractivity contribution in [3.8, 4) is 0 Å². The van der Waals surface area contributed by atoms with E-state index in [-0.39, 0.29) is 0 Å². The average Bonchev–Trinajstić information content (AvgIpc) is 2.15. The van der Waals surface area contributed by atoms with E-state index in [1.165, 1.54) is 18.2 Å². The SMILES string of the molecule is COOCCCc1ccc(C)cc1. The van der Waals surface area contributed by atoms with Gasteiger partial charge in [0.15, 0.2) is 0 Å². The summed E-state index contributed by atoms with van der Waals surface area (Å²) in [5, 5.41) is 0. The molecule has 0 heterocycles. The first-order valence-corrected chi connectivity index (χ1v) is 4.54. The lowest BCUT2D eigenvalue weighted by Crippen LogP contribution is -1.95. The van der Waals surface area contributed by atoms with Crippen molar-refractivity contribution in [3.05, 3.63) is 35.4 Å². The van der Waals surface area contributed by atoms with Crippen LogP contribution >= 0.6 is 0 Å². The van der Waals surface area contributed by atoms with Gasteiger partial charge in [0, 0.05) is 0 Å². The lowest BCUT2D eigenvalue weighted by molar-refractivity contribution is -0.272. The average molecular weight is 180 g/mol. The molecule has 0 aliphatic rings. The zero-order chi connectivity index (χ0) is 9.52. The minimum absolute atomic E-state index is 0.657. The first-order chi connectivity index (χ1) is 6.33. The molecule has 0 atom stereocenters. The van der Waals surface area contributed by atoms with Crippen LogP contribution in [0, 0.1) is 6.92 Å². The summed E-state index contributed by atoms with van der Waals surface area (Å²) in [6.07, 6.45) is 2.04. The van der Waals surface area contributed by atoms with E-state index < -0.39 is 0 Å². The topological polar surface area (TPSA) is 18.5 Å². The van der Waals surface area contributed by atoms with E-state index >= 15 is 0 Å². The van der Waals surface area contributed by atoms with E-state index in [0.717, 1.165) is 12.8 Å². The van der Waals surface area contributed by atoms with Crippen LogP contribution in [0.5, 0.6) is 0 Å². The lowest BCUT2D eigenvalue weighted by atomic mass is 10.1. The van der Waals surface area contributed by atoms with E-state index in [1.54, 1.807) is 0 Å². The quantitative estimate of drug-likeness (QED) is 0.394. The Morgan fingerprint density at radius 2 is 1.85 bits per heavy atom. The Bertz CT molecular complexity index is 228. The molecule has 0 aliphatic carbocycles. The molecule has 0 saturated heterocycles. The maximum Gasteiger partial charge on any atom is 0.0825 e. The van der Waals surface area contributed by atoms with E-state index in [4.69, 9.17) is 4.89 Å². The first kappa shape index (κ1) is 10.2. The molecule has 0 amide bonds. The van der Waals surface area contributed by atoms with Gasteiger partial charge in [0.2, 0.25) is 0 Å². The number of aryl methyl sites for hydroxylation is 2. The molecule has 2 heteroatoms. The summed E-state index contributed by atoms with van der Waals surface area (Å²) in [6.45, 7) is 2.75. The van der Waals surface area contributed by atoms with Crippen molar-refractivity contribution in [2.24, 2.45) is 0 Å². The van der Waals surface area contributed by atoms with Gasteiger partial charge >= 0.3 is 0 Å². The van der Waals surface area contributed by atoms with Crippen LogP contribution in [0.3, 0.4) is 0 Å². The molecule has 0 N–H and O–H groups in total. The van der Waals surface area contributed by atoms with Gasteiger partial charge in [-0.2, -0.15) is 0 Å². The van der Waals surface area contributed by atoms with E-state index in [9.17, 15) is 0 Å². The number of hydrogen-bond donors (Lipinski definition) is 0. The summed E-state index contributed by atoms with van der Waals surface area (Å²) < 4.78 is 0. The fourth-order valence-electron chi connectivity index (χ4n) is 1.17. The summed E-state index contributed by atoms with van der Waals surface area (Å²) >= 11 is 0. The van der Waals surface area contributed by atoms with Crippen LogP contribution < -0.4 is 0 Å². The number of rotatable bonds is 5. The molecule has 2 nitrogen and oxygen atoms in total. The molecule has 72 valence electrons. The van der Waals surface area contributed by atoms with Gasteiger partial charge in [-0.15, -0.1) is 0 Å². The Morgan fingerprint density at radius 1 is 1.15 bits per heavy atom. The second-order valence-corrected chi connectivity index (χ2v) is 3.08. The summed E-state index contributed by atoms with van der Waals surface area (Å²) in [5.41, 5.74) is 2.65. The lowest BCUT2D eigenvalue weighted by Gasteiger charge is -2.01. The molecule has 0 spiro atoms. The van der Waals surface area contributed by atoms with Gasteiger partial charge in [0.25, 0.3) is 0 Å². The predicted molar refractivity (Wildman–Crippen MR) is 52.5 cm³/mol. The molecule has 0 bridgehead atoms. The molecule has 0 aliphatic heterocycles. The Hall–Kier alpha value is -0.860. The number of hydrogen-bond acceptors (Lipinski definition) is 2. The fraction of sp³-hybridized carbons (Fsp3) is 0.455. The largest absolute Gasteiger partial charge is 0.240 e. The molecule has 0 radical (unpaired) electrons. The third-order valence-electron chi connectivity index (χ3n) is 1.93. The van der Waals surface area contributed by atoms with Crippen LogP contribution in [0.25, 0.3) is 0 Å². The highest BCUT2D eigenvalue weighted by molar-refractivity contribution is 5.21. The van der Waals surface area contributed by atoms with Gasteiger partial charge < -0.3 is 0 Å². The monoisotopic (exact) mass is 180 g/mol. The van der Waals surface area contributed by atoms with Crippen molar-refractivity contribution >= 4 is 0 Å². The van der Waals surface area contributed by atoms with Crippen molar-refractivity contribution < 1.29 is 9.78 Å². The Labute approximate surface area is 79.4 Å². The van der Waals surface area contributed by atoms with E-state index in [1.807, 2.05) is 0 Å². The molecular weight excluding hydrogens is 164 g/mol. The molecule has 0 aromatic heterocycles. The van der Waals surface area contributed by atoms with Gasteiger partial charge in [-0.05, 0) is 25.3 Å². The summed E-state index contributed by atoms with van der Waals surface area (Å²) in [4.78, 5) is 9.28. The molecule has 0 unspecified atom stereocenters. The number of benzene rings is 1. The molecule has 0 fully saturated rings. The fourth-order valence-corrected chi connectivity index (χ4v) is 1.17. The standard InChI is InChI=1S/C11H16O2/c1-10-5-7-11(8-6-10)4-3-9-13-12-2/h5-8H,3-4,9H2,1-2H3. The van der Waals surface area contributed by atoms with Crippen LogP contribution in [0.4, 0.5) is 0 Å². The van der Waals surface area contributed by atoms with Gasteiger partial charge in [-0.3, -0.25) is 0 Å². The van der Waals surface area contributed by atoms with Crippen LogP contribution in [-0.4, -0.2) is 13.7 Å². The van der Waals surface area contributed by atoms with Crippen LogP contribution in [0.2, 0.25) is 0 Å². The van der Waals surface area contributed by atoms with Crippen molar-refractivity contribution in [1.82, 2.24) is 0 Å². The highest BCUT2D eigenvalue weighted by Gasteiger charge is 1.92. The minimum Gasteiger partial charge on any atom is -0.240 e. The molecule has 13 heavy (non-hydrogen) atoms. The van der Waals surface area contributed by atoms with Gasteiger partial charge in [0.1, 0.15) is 0 Å². The van der Waals surface area contributed by atoms with Crippen molar-refractivity contribution in [2.45, 2.75) is 19.8 Å². The molecular formula is C11H16O2. The zero-order valence-electron chi connectivity index (χ0n) is 8.25. The van der Waals surface area contributed by atoms with E-state index in [0.29, 0.717) is 6.61 Å². The van der Waals surface area contributed by atoms with Crippen molar-refractivity contribution in [3.63, 3.8) is 0 Å². The zero-order valence-corrected chi connectivity index (χ0v) is 8.25. The third kappa shape index (κ3) is 4.06. The highest BCUT2D eigenvalue weighted by Crippen LogP contribution is 2.05. The molecule has 0 saturated carbocycles. The Morgan fingerprint density at radius 3 is 2.46 bits per heavy atom. The Kier molecular flexibility index (Phi) is 4.50. The first-order valence-electron chi connectivity index (χ1n) is 4.54. The molecule has 1 rings (SSSR count). The van der Waals surface area contributed by atoms with Crippen LogP contribution in [0.15, 0.2) is 24.3 Å². The van der Waals surface area contributed by atoms with Gasteiger partial charge in [-0.25, -0.2) is 9.78 Å². The summed E-state index contributed by atoms with van der Waals surface area (Å²) in [5.74, 6) is 0. The normalized spacial score (nSPS) is 10.3. The van der Waals surface area contributed by atoms with Crippen molar-refractivity contribution in [2.75, 3.05) is 13.7 Å². The molecule has 1 aromatic rings. The predicted octanol–water partition coefficient (Wildman–Crippen LogP) is 2.51. The van der Waals surface area contributed by atoms with Gasteiger partial charge in [-0.1, -0.05) is 29.8 Å². The van der Waals surface area contributed by atoms with E-state index in [2.05, 4.69) is 36.1 Å². The maximum atomic E-state index is 4.78. The third-order valence-corrected chi connectivity index (χ3v) is 1.93. The maximum absolute atomic E-state index is 4.78. The van der Waals surface area contributed by atoms with Gasteiger partial charge in [0.05, 0.1) is 13.7 Å².